The molecular formula is C54H48F3N7O6RuS2. The van der Waals surface area contributed by atoms with Crippen LogP contribution in [0.15, 0.2) is 121 Å². The first-order chi connectivity index (χ1) is 35.0. The molecule has 0 saturated heterocycles. The number of pyridine rings is 4. The van der Waals surface area contributed by atoms with Crippen molar-refractivity contribution in [1.29, 1.82) is 0 Å². The second-order valence-corrected chi connectivity index (χ2v) is 17.6. The van der Waals surface area contributed by atoms with E-state index in [2.05, 4.69) is 56.4 Å². The second kappa shape index (κ2) is 29.4. The number of nitrogens with zero attached hydrogens (tertiary/aromatic N) is 7. The maximum atomic E-state index is 12.7. The van der Waals surface area contributed by atoms with E-state index in [1.165, 1.54) is 48.2 Å². The van der Waals surface area contributed by atoms with Crippen LogP contribution in [0.2, 0.25) is 0 Å². The van der Waals surface area contributed by atoms with Crippen molar-refractivity contribution in [2.45, 2.75) is 83.7 Å². The van der Waals surface area contributed by atoms with Crippen LogP contribution in [0.1, 0.15) is 103 Å². The maximum Gasteiger partial charge on any atom is 2.00 e. The van der Waals surface area contributed by atoms with E-state index in [-0.39, 0.29) is 25.2 Å². The number of carbonyl (C=O) groups is 3. The molecule has 0 fully saturated rings. The quantitative estimate of drug-likeness (QED) is 0.0198. The number of ether oxygens (including phenoxy) is 3. The van der Waals surface area contributed by atoms with Crippen LogP contribution >= 0.6 is 23.6 Å². The number of isothiocyanates is 1. The predicted molar refractivity (Wildman–Crippen MR) is 274 cm³/mol. The molecule has 0 spiro atoms. The zero-order valence-corrected chi connectivity index (χ0v) is 42.8. The molecule has 6 aromatic heterocycles. The van der Waals surface area contributed by atoms with Crippen LogP contribution in [0.5, 0.6) is 5.75 Å². The van der Waals surface area contributed by atoms with Gasteiger partial charge in [0, 0.05) is 46.2 Å². The molecule has 73 heavy (non-hydrogen) atoms. The first-order valence-corrected chi connectivity index (χ1v) is 24.1. The number of alkyl halides is 3. The number of unbranched alkanes of at least 4 members (excludes halogenated alkanes) is 3. The number of aromatic nitrogens is 6. The van der Waals surface area contributed by atoms with Gasteiger partial charge >= 0.3 is 25.7 Å². The molecule has 19 heteroatoms. The number of carbonyl (C=O) groups excluding carboxylic acids is 3. The number of hydrogen-bond donors (Lipinski definition) is 0. The van der Waals surface area contributed by atoms with Gasteiger partial charge in [-0.3, -0.25) is 29.3 Å². The molecule has 13 nitrogen and oxygen atoms in total. The summed E-state index contributed by atoms with van der Waals surface area (Å²) in [6, 6.07) is 19.8. The molecule has 0 saturated carbocycles. The third-order valence-electron chi connectivity index (χ3n) is 11.1. The van der Waals surface area contributed by atoms with E-state index in [4.69, 9.17) is 24.6 Å². The largest absolute Gasteiger partial charge is 2.00 e. The molecule has 6 heterocycles. The van der Waals surface area contributed by atoms with Crippen LogP contribution < -0.4 is 9.84 Å². The summed E-state index contributed by atoms with van der Waals surface area (Å²) < 4.78 is 53.0. The number of allylic oxidation sites excluding steroid dienone is 6. The van der Waals surface area contributed by atoms with E-state index < -0.39 is 11.9 Å². The van der Waals surface area contributed by atoms with Crippen molar-refractivity contribution in [3.05, 3.63) is 159 Å². The van der Waals surface area contributed by atoms with Gasteiger partial charge in [0.2, 0.25) is 0 Å². The second-order valence-electron chi connectivity index (χ2n) is 16.2. The van der Waals surface area contributed by atoms with Gasteiger partial charge in [-0.2, -0.15) is 18.3 Å². The molecule has 2 aliphatic carbocycles. The average Bonchev–Trinajstić information content (AvgIpc) is 4.10. The third-order valence-corrected chi connectivity index (χ3v) is 12.2. The molecule has 6 aromatic rings. The van der Waals surface area contributed by atoms with E-state index in [9.17, 15) is 27.6 Å². The molecular weight excluding hydrogens is 1060 g/mol. The Morgan fingerprint density at radius 1 is 0.726 bits per heavy atom. The molecule has 376 valence electrons. The summed E-state index contributed by atoms with van der Waals surface area (Å²) in [5, 5.41) is 15.3. The Balaban J connectivity index is 0.000000270. The summed E-state index contributed by atoms with van der Waals surface area (Å²) in [5.74, 6) is 0.320. The van der Waals surface area contributed by atoms with Crippen LogP contribution in [0.3, 0.4) is 0 Å². The van der Waals surface area contributed by atoms with Crippen LogP contribution in [0.25, 0.3) is 62.9 Å². The van der Waals surface area contributed by atoms with E-state index in [0.29, 0.717) is 53.6 Å². The van der Waals surface area contributed by atoms with Gasteiger partial charge in [0.05, 0.1) is 35.3 Å². The van der Waals surface area contributed by atoms with Crippen molar-refractivity contribution >= 4 is 71.4 Å². The molecule has 0 amide bonds. The van der Waals surface area contributed by atoms with E-state index >= 15 is 0 Å². The minimum atomic E-state index is -4.50. The summed E-state index contributed by atoms with van der Waals surface area (Å²) in [7, 11) is 0. The molecule has 0 radical (unpaired) electrons. The summed E-state index contributed by atoms with van der Waals surface area (Å²) in [5.41, 5.74) is 8.63. The molecule has 2 aliphatic rings. The fourth-order valence-corrected chi connectivity index (χ4v) is 8.74. The molecule has 0 aromatic carbocycles. The molecule has 0 aliphatic heterocycles. The normalized spacial score (nSPS) is 14.2. The third kappa shape index (κ3) is 17.5. The first kappa shape index (κ1) is 56.7. The summed E-state index contributed by atoms with van der Waals surface area (Å²) in [6.07, 6.45) is 22.8. The van der Waals surface area contributed by atoms with E-state index in [1.807, 2.05) is 48.6 Å². The number of hydrogen-bond acceptors (Lipinski definition) is 13. The molecule has 8 rings (SSSR count). The predicted octanol–water partition coefficient (Wildman–Crippen LogP) is 13.1. The molecule has 0 N–H and O–H groups in total. The van der Waals surface area contributed by atoms with Gasteiger partial charge in [-0.1, -0.05) is 62.3 Å². The van der Waals surface area contributed by atoms with E-state index in [1.54, 1.807) is 54.2 Å². The number of halogens is 3. The number of thiophene rings is 1. The topological polar surface area (TPSA) is 180 Å². The SMILES string of the molecule is CCCCCCc1ccc(/C=C/c2ccnc(-c3cc(C(F)(F)F)n[n-]3)c2)s1.O=CO/C=C1/C=C(c2ccnc(-c3cc(OC=O)cc(-c4cc(C5=C/C(=C/OC=O)CCC5)ccn4)n3)c2)CCC1.[N-]=C=S.[Ru+2]. The Hall–Kier alpha value is -7.17. The Bertz CT molecular complexity index is 2900. The van der Waals surface area contributed by atoms with Gasteiger partial charge in [0.25, 0.3) is 19.4 Å². The minimum Gasteiger partial charge on any atom is -0.753 e. The average molecular weight is 1110 g/mol. The molecule has 0 bridgehead atoms. The fraction of sp³-hybridized carbons (Fsp3) is 0.241. The first-order valence-electron chi connectivity index (χ1n) is 22.9. The van der Waals surface area contributed by atoms with Crippen molar-refractivity contribution < 1.29 is 61.2 Å². The Morgan fingerprint density at radius 2 is 1.32 bits per heavy atom. The molecule has 0 unspecified atom stereocenters. The zero-order chi connectivity index (χ0) is 51.1. The Labute approximate surface area is 442 Å². The standard InChI is InChI=1S/C32H27N3O6.C21H21F3N3S.CNS.Ru/c36-19-39-17-22-3-1-5-24(11-22)26-7-9-33-29(13-26)31-15-28(41-21-38)16-32(35-31)30-14-27(8-10-34-30)25-6-2-4-23(12-25)18-40-20-37;1-2-3-4-5-6-16-9-10-17(28-16)8-7-15-11-12-25-18(13-15)19-14-20(27-26-19)21(22,23)24;2-1-3;/h7-21H,1-6H2;7-14H,2-6H2,1H3;;/q;2*-1;+2/b22-17+,23-18+;8-7+;;. The van der Waals surface area contributed by atoms with Crippen molar-refractivity contribution in [3.63, 3.8) is 0 Å². The van der Waals surface area contributed by atoms with Gasteiger partial charge in [0.1, 0.15) is 11.4 Å². The van der Waals surface area contributed by atoms with Crippen LogP contribution in [-0.2, 0) is 55.9 Å². The Kier molecular flexibility index (Phi) is 22.8. The van der Waals surface area contributed by atoms with Crippen LogP contribution in [0.4, 0.5) is 13.2 Å². The monoisotopic (exact) mass is 1110 g/mol. The summed E-state index contributed by atoms with van der Waals surface area (Å²) in [6.45, 7) is 3.40. The van der Waals surface area contributed by atoms with Gasteiger partial charge in [0.15, 0.2) is 0 Å². The van der Waals surface area contributed by atoms with Gasteiger partial charge in [-0.25, -0.2) is 4.98 Å². The minimum absolute atomic E-state index is 0. The van der Waals surface area contributed by atoms with E-state index in [0.717, 1.165) is 94.9 Å². The Morgan fingerprint density at radius 3 is 1.86 bits per heavy atom. The maximum absolute atomic E-state index is 12.7. The van der Waals surface area contributed by atoms with Gasteiger partial charge < -0.3 is 29.8 Å². The van der Waals surface area contributed by atoms with Gasteiger partial charge in [-0.05, 0) is 151 Å². The van der Waals surface area contributed by atoms with Crippen molar-refractivity contribution in [2.24, 2.45) is 0 Å². The van der Waals surface area contributed by atoms with Crippen molar-refractivity contribution in [2.75, 3.05) is 0 Å². The smallest absolute Gasteiger partial charge is 0.753 e. The number of rotatable bonds is 18. The van der Waals surface area contributed by atoms with Crippen LogP contribution in [0, 0.1) is 0 Å². The number of aryl methyl sites for hydroxylation is 1. The molecule has 0 atom stereocenters. The van der Waals surface area contributed by atoms with Crippen molar-refractivity contribution in [3.8, 4) is 39.9 Å². The summed E-state index contributed by atoms with van der Waals surface area (Å²) >= 11 is 5.47. The van der Waals surface area contributed by atoms with Crippen molar-refractivity contribution in [1.82, 2.24) is 30.1 Å². The fourth-order valence-electron chi connectivity index (χ4n) is 7.78. The zero-order valence-electron chi connectivity index (χ0n) is 39.4. The summed E-state index contributed by atoms with van der Waals surface area (Å²) in [4.78, 5) is 53.0. The van der Waals surface area contributed by atoms with Gasteiger partial charge in [-0.15, -0.1) is 11.3 Å². The number of thiocarbonyl (C=S) groups is 1. The van der Waals surface area contributed by atoms with Crippen LogP contribution in [-0.4, -0.2) is 49.6 Å².